The Labute approximate surface area is 670 Å². The summed E-state index contributed by atoms with van der Waals surface area (Å²) in [6.07, 6.45) is 16.2. The zero-order chi connectivity index (χ0) is 83.5. The summed E-state index contributed by atoms with van der Waals surface area (Å²) in [7, 11) is 10.5. The van der Waals surface area contributed by atoms with Gasteiger partial charge < -0.3 is 49.0 Å². The van der Waals surface area contributed by atoms with E-state index in [1.165, 1.54) is 90.4 Å². The summed E-state index contributed by atoms with van der Waals surface area (Å²) < 4.78 is 0. The van der Waals surface area contributed by atoms with E-state index >= 15 is 0 Å². The number of nitrogens with zero attached hydrogens (tertiary/aromatic N) is 16. The van der Waals surface area contributed by atoms with Gasteiger partial charge in [0.2, 0.25) is 0 Å². The quantitative estimate of drug-likeness (QED) is 0.163. The van der Waals surface area contributed by atoms with Crippen LogP contribution in [-0.2, 0) is 0 Å². The van der Waals surface area contributed by atoms with E-state index < -0.39 is 0 Å². The highest BCUT2D eigenvalue weighted by molar-refractivity contribution is 5.86. The smallest absolute Gasteiger partial charge is 0.178 e. The Bertz CT molecular complexity index is 3510. The molecular weight excluding hydrogens is 1350 g/mol. The molecule has 5 aliphatic heterocycles. The molecule has 5 aliphatic rings. The van der Waals surface area contributed by atoms with E-state index in [-0.39, 0.29) is 18.5 Å². The van der Waals surface area contributed by atoms with E-state index in [9.17, 15) is 0 Å². The van der Waals surface area contributed by atoms with Crippen LogP contribution in [0.3, 0.4) is 0 Å². The molecule has 0 spiro atoms. The molecular formula is C94H144N16. The van der Waals surface area contributed by atoms with Crippen LogP contribution in [-0.4, -0.2) is 96.0 Å². The number of anilines is 15. The third-order valence-corrected chi connectivity index (χ3v) is 18.3. The number of hydrogen-bond donors (Lipinski definition) is 0. The Morgan fingerprint density at radius 3 is 0.864 bits per heavy atom. The highest BCUT2D eigenvalue weighted by Gasteiger charge is 2.37. The van der Waals surface area contributed by atoms with Crippen LogP contribution in [0.15, 0.2) is 207 Å². The third kappa shape index (κ3) is 22.9. The van der Waals surface area contributed by atoms with Crippen LogP contribution < -0.4 is 49.0 Å². The molecule has 110 heavy (non-hydrogen) atoms. The topological polar surface area (TPSA) is 110 Å². The van der Waals surface area contributed by atoms with Gasteiger partial charge in [-0.05, 0) is 164 Å². The molecule has 0 amide bonds. The first-order valence-electron chi connectivity index (χ1n) is 41.0. The van der Waals surface area contributed by atoms with Crippen LogP contribution in [0.1, 0.15) is 201 Å². The first-order valence-corrected chi connectivity index (χ1v) is 41.0. The first-order chi connectivity index (χ1) is 53.5. The van der Waals surface area contributed by atoms with Crippen molar-refractivity contribution >= 4 is 85.8 Å². The highest BCUT2D eigenvalue weighted by Crippen LogP contribution is 2.47. The maximum absolute atomic E-state index is 4.54. The maximum atomic E-state index is 4.54. The lowest BCUT2D eigenvalue weighted by Gasteiger charge is -2.28. The fourth-order valence-corrected chi connectivity index (χ4v) is 12.7. The van der Waals surface area contributed by atoms with Gasteiger partial charge in [-0.2, -0.15) is 0 Å². The SMILES string of the molecule is CC.CC.CC.CC.CC.CC.CC.CC.CC.CC.Cc1ccccc1N1c2cccnc2N(C)[C@@H]1C.Cc1ccccc1N1c2ccncc2N(C)[C@@H]1C.Cc1ccccc1N1c2cnccc2N(C)[C@@H]1C.Cc1ccccc1N1c2ncccc2N(C)[C@@H]1C.Cc1ccccc1N1c2nccnc2N(C)[C@@H]1C. The normalized spacial score (nSPS) is 15.3. The van der Waals surface area contributed by atoms with Gasteiger partial charge in [0, 0.05) is 101 Å². The Hall–Kier alpha value is -10.2. The summed E-state index contributed by atoms with van der Waals surface area (Å²) in [4.78, 5) is 49.2. The molecule has 10 aromatic rings. The number of aromatic nitrogens is 6. The second-order valence-corrected chi connectivity index (χ2v) is 23.6. The zero-order valence-electron chi connectivity index (χ0n) is 74.7. The molecule has 0 saturated carbocycles. The van der Waals surface area contributed by atoms with Crippen molar-refractivity contribution in [2.24, 2.45) is 0 Å². The minimum absolute atomic E-state index is 0.225. The summed E-state index contributed by atoms with van der Waals surface area (Å²) in [6, 6.07) is 54.7. The van der Waals surface area contributed by atoms with Crippen LogP contribution in [0.2, 0.25) is 0 Å². The summed E-state index contributed by atoms with van der Waals surface area (Å²) in [5, 5.41) is 0. The van der Waals surface area contributed by atoms with Crippen molar-refractivity contribution in [3.8, 4) is 0 Å². The molecule has 0 N–H and O–H groups in total. The van der Waals surface area contributed by atoms with E-state index in [1.54, 1.807) is 12.4 Å². The van der Waals surface area contributed by atoms with Crippen LogP contribution in [0.4, 0.5) is 85.8 Å². The number of para-hydroxylation sites is 5. The number of aryl methyl sites for hydroxylation is 5. The van der Waals surface area contributed by atoms with E-state index in [1.807, 2.05) is 188 Å². The Balaban J connectivity index is 0.000000649. The van der Waals surface area contributed by atoms with Crippen LogP contribution in [0.5, 0.6) is 0 Å². The standard InChI is InChI=1S/4C15H17N3.C14H16N4.10C2H6/c1-11-7-4-5-8-13(11)18-12(2)17(3)15-14(18)9-6-10-16-15;1-11-7-4-5-8-13(11)18-12(2)17(3)14-9-6-10-16-15(14)18;1-11-6-4-5-7-13(11)18-12(2)17(3)15-10-16-9-8-14(15)18;1-11-6-4-5-7-13(11)18-12(2)17(3)14-8-9-16-10-15(14)18;1-10-6-4-5-7-12(10)18-11(2)17(3)13-14(18)16-9-8-15-13;10*1-2/h4*4-10,12H,1-3H3;4-9,11H,1-3H3;10*1-2H3/t4*12-;11-;;;;;;;;;;/m00000........../s1. The van der Waals surface area contributed by atoms with Crippen molar-refractivity contribution in [3.63, 3.8) is 0 Å². The Kier molecular flexibility index (Phi) is 46.2. The molecule has 16 nitrogen and oxygen atoms in total. The highest BCUT2D eigenvalue weighted by atomic mass is 15.5. The largest absolute Gasteiger partial charge is 0.352 e. The predicted octanol–water partition coefficient (Wildman–Crippen LogP) is 26.3. The molecule has 0 fully saturated rings. The van der Waals surface area contributed by atoms with Gasteiger partial charge >= 0.3 is 0 Å². The number of benzene rings is 5. The molecule has 0 unspecified atom stereocenters. The van der Waals surface area contributed by atoms with E-state index in [0.717, 1.165) is 23.3 Å². The van der Waals surface area contributed by atoms with E-state index in [0.29, 0.717) is 12.3 Å². The molecule has 0 radical (unpaired) electrons. The van der Waals surface area contributed by atoms with Gasteiger partial charge in [-0.3, -0.25) is 9.97 Å². The van der Waals surface area contributed by atoms with Crippen LogP contribution >= 0.6 is 0 Å². The van der Waals surface area contributed by atoms with Gasteiger partial charge in [-0.15, -0.1) is 0 Å². The fourth-order valence-electron chi connectivity index (χ4n) is 12.7. The van der Waals surface area contributed by atoms with Crippen molar-refractivity contribution in [2.45, 2.75) is 239 Å². The lowest BCUT2D eigenvalue weighted by molar-refractivity contribution is 0.726. The Morgan fingerprint density at radius 2 is 0.455 bits per heavy atom. The van der Waals surface area contributed by atoms with Crippen molar-refractivity contribution in [2.75, 3.05) is 84.2 Å². The van der Waals surface area contributed by atoms with Crippen molar-refractivity contribution in [1.82, 2.24) is 29.9 Å². The maximum Gasteiger partial charge on any atom is 0.178 e. The second-order valence-electron chi connectivity index (χ2n) is 23.6. The monoisotopic (exact) mass is 1500 g/mol. The molecule has 0 bridgehead atoms. The molecule has 10 heterocycles. The summed E-state index contributed by atoms with van der Waals surface area (Å²) in [6.45, 7) is 61.7. The predicted molar refractivity (Wildman–Crippen MR) is 488 cm³/mol. The van der Waals surface area contributed by atoms with Gasteiger partial charge in [0.05, 0.1) is 46.5 Å². The van der Waals surface area contributed by atoms with Gasteiger partial charge in [-0.1, -0.05) is 229 Å². The van der Waals surface area contributed by atoms with E-state index in [4.69, 9.17) is 0 Å². The Morgan fingerprint density at radius 1 is 0.200 bits per heavy atom. The second kappa shape index (κ2) is 52.0. The van der Waals surface area contributed by atoms with Gasteiger partial charge in [-0.25, -0.2) is 19.9 Å². The first kappa shape index (κ1) is 97.8. The summed E-state index contributed by atoms with van der Waals surface area (Å²) >= 11 is 0. The number of rotatable bonds is 5. The lowest BCUT2D eigenvalue weighted by atomic mass is 10.1. The van der Waals surface area contributed by atoms with Gasteiger partial charge in [0.1, 0.15) is 30.8 Å². The molecule has 600 valence electrons. The molecule has 5 aromatic heterocycles. The lowest BCUT2D eigenvalue weighted by Crippen LogP contribution is -2.36. The molecule has 15 rings (SSSR count). The zero-order valence-corrected chi connectivity index (χ0v) is 74.7. The summed E-state index contributed by atoms with van der Waals surface area (Å²) in [5.41, 5.74) is 19.8. The molecule has 0 saturated heterocycles. The minimum Gasteiger partial charge on any atom is -0.352 e. The van der Waals surface area contributed by atoms with Crippen LogP contribution in [0, 0.1) is 34.6 Å². The van der Waals surface area contributed by atoms with Crippen LogP contribution in [0.25, 0.3) is 0 Å². The van der Waals surface area contributed by atoms with Gasteiger partial charge in [0.15, 0.2) is 23.3 Å². The average Bonchev–Trinajstić information content (AvgIpc) is 1.66. The number of fused-ring (bicyclic) bond motifs is 5. The van der Waals surface area contributed by atoms with Crippen molar-refractivity contribution in [3.05, 3.63) is 235 Å². The molecule has 5 atom stereocenters. The van der Waals surface area contributed by atoms with Gasteiger partial charge in [0.25, 0.3) is 0 Å². The molecule has 5 aromatic carbocycles. The van der Waals surface area contributed by atoms with Crippen molar-refractivity contribution < 1.29 is 0 Å². The molecule has 16 heteroatoms. The number of hydrogen-bond acceptors (Lipinski definition) is 16. The third-order valence-electron chi connectivity index (χ3n) is 18.3. The molecule has 0 aliphatic carbocycles. The van der Waals surface area contributed by atoms with Crippen molar-refractivity contribution in [1.29, 1.82) is 0 Å². The fraction of sp³-hybridized carbons (Fsp3) is 0.426. The van der Waals surface area contributed by atoms with E-state index in [2.05, 4.69) is 329 Å². The minimum atomic E-state index is 0.225. The summed E-state index contributed by atoms with van der Waals surface area (Å²) in [5.74, 6) is 3.96. The number of pyridine rings is 4. The average molecular weight is 1500 g/mol.